The maximum atomic E-state index is 13.5. The summed E-state index contributed by atoms with van der Waals surface area (Å²) in [5.74, 6) is 0.492. The average Bonchev–Trinajstić information content (AvgIpc) is 3.48. The Morgan fingerprint density at radius 3 is 2.32 bits per heavy atom. The van der Waals surface area contributed by atoms with Crippen molar-refractivity contribution < 1.29 is 21.6 Å². The first-order valence-electron chi connectivity index (χ1n) is 15.6. The first kappa shape index (κ1) is 32.7. The van der Waals surface area contributed by atoms with E-state index in [1.54, 1.807) is 54.4 Å². The Morgan fingerprint density at radius 1 is 0.894 bits per heavy atom. The summed E-state index contributed by atoms with van der Waals surface area (Å²) < 4.78 is 54.5. The Bertz CT molecular complexity index is 1940. The molecule has 2 aliphatic heterocycles. The molecule has 0 spiro atoms. The number of hydrogen-bond donors (Lipinski definition) is 3. The molecule has 13 nitrogen and oxygen atoms in total. The molecule has 1 amide bonds. The monoisotopic (exact) mass is 680 g/mol. The molecule has 4 aromatic rings. The highest BCUT2D eigenvalue weighted by atomic mass is 32.2. The zero-order valence-corrected chi connectivity index (χ0v) is 28.1. The molecular weight excluding hydrogens is 641 g/mol. The number of nitrogens with one attached hydrogen (secondary N) is 3. The predicted molar refractivity (Wildman–Crippen MR) is 184 cm³/mol. The smallest absolute Gasteiger partial charge is 0.301 e. The largest absolute Gasteiger partial charge is 0.366 e. The summed E-state index contributed by atoms with van der Waals surface area (Å²) in [5, 5.41) is 3.00. The van der Waals surface area contributed by atoms with Crippen LogP contribution in [0.25, 0.3) is 10.9 Å². The fraction of sp³-hybridized carbons (Fsp3) is 0.375. The number of benzene rings is 2. The molecule has 47 heavy (non-hydrogen) atoms. The van der Waals surface area contributed by atoms with Crippen LogP contribution in [0.1, 0.15) is 23.0 Å². The lowest BCUT2D eigenvalue weighted by Crippen LogP contribution is -2.49. The molecule has 0 radical (unpaired) electrons. The van der Waals surface area contributed by atoms with Crippen molar-refractivity contribution in [3.63, 3.8) is 0 Å². The minimum atomic E-state index is -3.75. The molecule has 6 rings (SSSR count). The SMILES string of the molecule is CC(Nc1cccnc1N1CCN(C(=O)c2cc3cc(NS(=O)(=O)N4CCN(Cc5ccccc5)CC4)ccc3[nH]2)CC1)S(C)(=O)=O. The Morgan fingerprint density at radius 2 is 1.62 bits per heavy atom. The van der Waals surface area contributed by atoms with Gasteiger partial charge in [0.05, 0.1) is 11.4 Å². The summed E-state index contributed by atoms with van der Waals surface area (Å²) in [6.45, 7) is 6.44. The molecule has 1 atom stereocenters. The second kappa shape index (κ2) is 13.5. The van der Waals surface area contributed by atoms with E-state index in [9.17, 15) is 21.6 Å². The van der Waals surface area contributed by atoms with Gasteiger partial charge in [-0.1, -0.05) is 30.3 Å². The van der Waals surface area contributed by atoms with Crippen LogP contribution in [-0.4, -0.2) is 111 Å². The van der Waals surface area contributed by atoms with Crippen molar-refractivity contribution in [3.8, 4) is 0 Å². The van der Waals surface area contributed by atoms with Crippen molar-refractivity contribution in [1.29, 1.82) is 0 Å². The third kappa shape index (κ3) is 7.70. The second-order valence-corrected chi connectivity index (χ2v) is 16.1. The topological polar surface area (TPSA) is 151 Å². The van der Waals surface area contributed by atoms with E-state index in [2.05, 4.69) is 37.0 Å². The Kier molecular flexibility index (Phi) is 9.41. The lowest BCUT2D eigenvalue weighted by Gasteiger charge is -2.36. The van der Waals surface area contributed by atoms with Crippen LogP contribution in [-0.2, 0) is 26.6 Å². The van der Waals surface area contributed by atoms with Crippen molar-refractivity contribution in [3.05, 3.63) is 84.2 Å². The van der Waals surface area contributed by atoms with E-state index in [0.717, 1.165) is 17.4 Å². The van der Waals surface area contributed by atoms with Gasteiger partial charge in [0.25, 0.3) is 5.91 Å². The number of carbonyl (C=O) groups excluding carboxylic acids is 1. The molecule has 1 unspecified atom stereocenters. The van der Waals surface area contributed by atoms with Crippen LogP contribution in [0.5, 0.6) is 0 Å². The number of piperazine rings is 2. The fourth-order valence-corrected chi connectivity index (χ4v) is 7.41. The maximum absolute atomic E-state index is 13.5. The number of H-pyrrole nitrogens is 1. The number of hydrogen-bond acceptors (Lipinski definition) is 9. The highest BCUT2D eigenvalue weighted by Gasteiger charge is 2.28. The van der Waals surface area contributed by atoms with E-state index in [4.69, 9.17) is 0 Å². The van der Waals surface area contributed by atoms with Gasteiger partial charge in [-0.25, -0.2) is 13.4 Å². The van der Waals surface area contributed by atoms with Gasteiger partial charge in [-0.05, 0) is 48.9 Å². The molecule has 2 aromatic heterocycles. The molecule has 0 aliphatic carbocycles. The van der Waals surface area contributed by atoms with Crippen molar-refractivity contribution in [2.24, 2.45) is 0 Å². The molecule has 2 aromatic carbocycles. The van der Waals surface area contributed by atoms with Crippen LogP contribution in [0, 0.1) is 0 Å². The number of pyridine rings is 1. The van der Waals surface area contributed by atoms with Crippen molar-refractivity contribution in [1.82, 2.24) is 24.1 Å². The molecule has 0 bridgehead atoms. The molecular formula is C32H40N8O5S2. The fourth-order valence-electron chi connectivity index (χ4n) is 5.87. The van der Waals surface area contributed by atoms with Gasteiger partial charge in [-0.15, -0.1) is 0 Å². The van der Waals surface area contributed by atoms with E-state index in [0.29, 0.717) is 75.2 Å². The van der Waals surface area contributed by atoms with Crippen LogP contribution in [0.4, 0.5) is 17.2 Å². The zero-order chi connectivity index (χ0) is 33.2. The first-order valence-corrected chi connectivity index (χ1v) is 19.0. The predicted octanol–water partition coefficient (Wildman–Crippen LogP) is 2.80. The minimum Gasteiger partial charge on any atom is -0.366 e. The first-order chi connectivity index (χ1) is 22.5. The van der Waals surface area contributed by atoms with E-state index >= 15 is 0 Å². The Balaban J connectivity index is 1.05. The highest BCUT2D eigenvalue weighted by molar-refractivity contribution is 7.91. The third-order valence-corrected chi connectivity index (χ3v) is 11.6. The summed E-state index contributed by atoms with van der Waals surface area (Å²) in [4.78, 5) is 27.2. The zero-order valence-electron chi connectivity index (χ0n) is 26.5. The number of aromatic amines is 1. The molecule has 15 heteroatoms. The van der Waals surface area contributed by atoms with Crippen LogP contribution < -0.4 is 14.9 Å². The highest BCUT2D eigenvalue weighted by Crippen LogP contribution is 2.27. The van der Waals surface area contributed by atoms with Gasteiger partial charge < -0.3 is 20.1 Å². The number of nitrogens with zero attached hydrogens (tertiary/aromatic N) is 5. The van der Waals surface area contributed by atoms with Gasteiger partial charge in [0.15, 0.2) is 15.7 Å². The quantitative estimate of drug-likeness (QED) is 0.230. The van der Waals surface area contributed by atoms with Crippen LogP contribution in [0.3, 0.4) is 0 Å². The van der Waals surface area contributed by atoms with Crippen LogP contribution in [0.15, 0.2) is 72.9 Å². The van der Waals surface area contributed by atoms with Gasteiger partial charge in [-0.2, -0.15) is 12.7 Å². The van der Waals surface area contributed by atoms with Gasteiger partial charge in [0.1, 0.15) is 11.1 Å². The number of fused-ring (bicyclic) bond motifs is 1. The summed E-state index contributed by atoms with van der Waals surface area (Å²) in [6, 6.07) is 20.6. The van der Waals surface area contributed by atoms with Crippen molar-refractivity contribution >= 4 is 54.0 Å². The lowest BCUT2D eigenvalue weighted by atomic mass is 10.2. The molecule has 2 aliphatic rings. The molecule has 2 fully saturated rings. The van der Waals surface area contributed by atoms with E-state index < -0.39 is 25.4 Å². The van der Waals surface area contributed by atoms with E-state index in [1.165, 1.54) is 16.1 Å². The summed E-state index contributed by atoms with van der Waals surface area (Å²) >= 11 is 0. The van der Waals surface area contributed by atoms with Crippen molar-refractivity contribution in [2.75, 3.05) is 73.6 Å². The number of amides is 1. The summed E-state index contributed by atoms with van der Waals surface area (Å²) in [7, 11) is -7.04. The molecule has 4 heterocycles. The van der Waals surface area contributed by atoms with Gasteiger partial charge in [0, 0.05) is 82.3 Å². The summed E-state index contributed by atoms with van der Waals surface area (Å²) in [6.07, 6.45) is 2.85. The molecule has 250 valence electrons. The molecule has 2 saturated heterocycles. The van der Waals surface area contributed by atoms with Crippen molar-refractivity contribution in [2.45, 2.75) is 18.8 Å². The van der Waals surface area contributed by atoms with E-state index in [-0.39, 0.29) is 5.91 Å². The molecule has 3 N–H and O–H groups in total. The second-order valence-electron chi connectivity index (χ2n) is 12.0. The average molecular weight is 681 g/mol. The number of anilines is 3. The van der Waals surface area contributed by atoms with Crippen LogP contribution >= 0.6 is 0 Å². The number of sulfone groups is 1. The Hall–Kier alpha value is -4.18. The number of carbonyl (C=O) groups is 1. The summed E-state index contributed by atoms with van der Waals surface area (Å²) in [5.41, 5.74) is 3.41. The number of rotatable bonds is 10. The van der Waals surface area contributed by atoms with Gasteiger partial charge >= 0.3 is 10.2 Å². The van der Waals surface area contributed by atoms with Crippen LogP contribution in [0.2, 0.25) is 0 Å². The Labute approximate surface area is 275 Å². The standard InChI is InChI=1S/C32H40N8O5S2/c1-24(46(2,42)43)34-29-9-6-12-33-31(29)38-15-17-39(18-16-38)32(41)30-22-26-21-27(10-11-28(26)35-30)36-47(44,45)40-19-13-37(14-20-40)23-25-7-4-3-5-8-25/h3-12,21-22,24,34-36H,13-20,23H2,1-2H3. The maximum Gasteiger partial charge on any atom is 0.301 e. The van der Waals surface area contributed by atoms with Gasteiger partial charge in [0.2, 0.25) is 0 Å². The lowest BCUT2D eigenvalue weighted by molar-refractivity contribution is 0.0741. The van der Waals surface area contributed by atoms with E-state index in [1.807, 2.05) is 23.1 Å². The normalized spacial score (nSPS) is 17.5. The van der Waals surface area contributed by atoms with Gasteiger partial charge in [-0.3, -0.25) is 14.4 Å². The third-order valence-electron chi connectivity index (χ3n) is 8.67. The minimum absolute atomic E-state index is 0.151. The molecule has 0 saturated carbocycles. The number of aromatic nitrogens is 2.